The molecule has 0 fully saturated rings. The maximum Gasteiger partial charge on any atom is 0.308 e. The van der Waals surface area contributed by atoms with Crippen molar-refractivity contribution >= 4 is 11.9 Å². The summed E-state index contributed by atoms with van der Waals surface area (Å²) in [5, 5.41) is 2.78. The molecule has 1 unspecified atom stereocenters. The monoisotopic (exact) mass is 359 g/mol. The van der Waals surface area contributed by atoms with Gasteiger partial charge in [0.05, 0.1) is 18.6 Å². The molecule has 0 aliphatic heterocycles. The maximum absolute atomic E-state index is 12.9. The Morgan fingerprint density at radius 1 is 1.04 bits per heavy atom. The Kier molecular flexibility index (Phi) is 7.14. The van der Waals surface area contributed by atoms with Gasteiger partial charge in [-0.25, -0.2) is 4.39 Å². The third-order valence-corrected chi connectivity index (χ3v) is 3.46. The van der Waals surface area contributed by atoms with E-state index in [1.165, 1.54) is 24.3 Å². The lowest BCUT2D eigenvalue weighted by molar-refractivity contribution is -0.148. The van der Waals surface area contributed by atoms with Crippen molar-refractivity contribution in [3.8, 4) is 5.75 Å². The number of nitrogens with one attached hydrogen (secondary N) is 1. The predicted molar refractivity (Wildman–Crippen MR) is 95.1 cm³/mol. The summed E-state index contributed by atoms with van der Waals surface area (Å²) >= 11 is 0. The van der Waals surface area contributed by atoms with Crippen LogP contribution in [0.25, 0.3) is 0 Å². The zero-order valence-electron chi connectivity index (χ0n) is 14.8. The van der Waals surface area contributed by atoms with Crippen molar-refractivity contribution in [2.75, 3.05) is 6.61 Å². The molecule has 0 aromatic heterocycles. The molecule has 2 aromatic rings. The highest BCUT2D eigenvalue weighted by Crippen LogP contribution is 2.18. The van der Waals surface area contributed by atoms with E-state index in [1.807, 2.05) is 30.3 Å². The first-order valence-electron chi connectivity index (χ1n) is 8.36. The van der Waals surface area contributed by atoms with E-state index in [2.05, 4.69) is 5.32 Å². The van der Waals surface area contributed by atoms with Gasteiger partial charge in [0.2, 0.25) is 0 Å². The Balaban J connectivity index is 1.97. The Morgan fingerprint density at radius 2 is 1.69 bits per heavy atom. The number of hydrogen-bond acceptors (Lipinski definition) is 4. The molecular formula is C20H22FNO4. The second-order valence-corrected chi connectivity index (χ2v) is 6.02. The Morgan fingerprint density at radius 3 is 2.31 bits per heavy atom. The molecular weight excluding hydrogens is 337 g/mol. The summed E-state index contributed by atoms with van der Waals surface area (Å²) in [5.41, 5.74) is 0.795. The van der Waals surface area contributed by atoms with Gasteiger partial charge in [0.25, 0.3) is 5.91 Å². The summed E-state index contributed by atoms with van der Waals surface area (Å²) in [4.78, 5) is 24.2. The van der Waals surface area contributed by atoms with E-state index in [0.29, 0.717) is 5.75 Å². The molecule has 1 amide bonds. The van der Waals surface area contributed by atoms with Crippen LogP contribution in [0, 0.1) is 5.82 Å². The fourth-order valence-electron chi connectivity index (χ4n) is 2.33. The topological polar surface area (TPSA) is 64.6 Å². The lowest BCUT2D eigenvalue weighted by atomic mass is 10.0. The third kappa shape index (κ3) is 6.55. The molecule has 138 valence electrons. The molecule has 0 heterocycles. The number of hydrogen-bond donors (Lipinski definition) is 1. The summed E-state index contributed by atoms with van der Waals surface area (Å²) in [6.07, 6.45) is -0.207. The number of halogens is 1. The van der Waals surface area contributed by atoms with Crippen molar-refractivity contribution in [2.24, 2.45) is 0 Å². The Labute approximate surface area is 152 Å². The first-order chi connectivity index (χ1) is 12.4. The number of esters is 1. The number of carbonyl (C=O) groups is 2. The van der Waals surface area contributed by atoms with Crippen LogP contribution in [0.5, 0.6) is 5.75 Å². The first-order valence-corrected chi connectivity index (χ1v) is 8.36. The average Bonchev–Trinajstić information content (AvgIpc) is 2.61. The second kappa shape index (κ2) is 9.56. The zero-order valence-corrected chi connectivity index (χ0v) is 14.8. The van der Waals surface area contributed by atoms with Crippen LogP contribution in [0.2, 0.25) is 0 Å². The van der Waals surface area contributed by atoms with E-state index in [1.54, 1.807) is 13.8 Å². The van der Waals surface area contributed by atoms with Gasteiger partial charge in [-0.2, -0.15) is 0 Å². The molecule has 0 radical (unpaired) electrons. The van der Waals surface area contributed by atoms with Gasteiger partial charge in [-0.3, -0.25) is 9.59 Å². The van der Waals surface area contributed by atoms with Crippen LogP contribution in [-0.4, -0.2) is 24.6 Å². The van der Waals surface area contributed by atoms with Crippen molar-refractivity contribution in [3.63, 3.8) is 0 Å². The molecule has 0 saturated carbocycles. The van der Waals surface area contributed by atoms with Crippen molar-refractivity contribution in [1.29, 1.82) is 0 Å². The zero-order chi connectivity index (χ0) is 18.9. The molecule has 0 spiro atoms. The minimum absolute atomic E-state index is 0.0183. The number of carbonyl (C=O) groups excluding carboxylic acids is 2. The quantitative estimate of drug-likeness (QED) is 0.734. The maximum atomic E-state index is 12.9. The van der Waals surface area contributed by atoms with E-state index < -0.39 is 12.0 Å². The summed E-state index contributed by atoms with van der Waals surface area (Å²) < 4.78 is 23.4. The fourth-order valence-corrected chi connectivity index (χ4v) is 2.33. The van der Waals surface area contributed by atoms with Crippen molar-refractivity contribution in [1.82, 2.24) is 5.32 Å². The highest BCUT2D eigenvalue weighted by molar-refractivity contribution is 5.79. The van der Waals surface area contributed by atoms with E-state index >= 15 is 0 Å². The van der Waals surface area contributed by atoms with Gasteiger partial charge < -0.3 is 14.8 Å². The molecule has 26 heavy (non-hydrogen) atoms. The molecule has 0 aliphatic carbocycles. The van der Waals surface area contributed by atoms with Gasteiger partial charge in [0, 0.05) is 0 Å². The van der Waals surface area contributed by atoms with Crippen LogP contribution in [0.4, 0.5) is 4.39 Å². The molecule has 2 aromatic carbocycles. The molecule has 0 saturated heterocycles. The summed E-state index contributed by atoms with van der Waals surface area (Å²) in [6.45, 7) is 3.29. The molecule has 1 atom stereocenters. The first kappa shape index (κ1) is 19.4. The molecule has 6 heteroatoms. The third-order valence-electron chi connectivity index (χ3n) is 3.46. The van der Waals surface area contributed by atoms with Crippen LogP contribution >= 0.6 is 0 Å². The van der Waals surface area contributed by atoms with E-state index in [4.69, 9.17) is 9.47 Å². The SMILES string of the molecule is CC(C)OC(=O)CC(NC(=O)COc1ccc(F)cc1)c1ccccc1. The van der Waals surface area contributed by atoms with Gasteiger partial charge in [-0.15, -0.1) is 0 Å². The van der Waals surface area contributed by atoms with E-state index in [9.17, 15) is 14.0 Å². The highest BCUT2D eigenvalue weighted by Gasteiger charge is 2.20. The van der Waals surface area contributed by atoms with E-state index in [0.717, 1.165) is 5.56 Å². The largest absolute Gasteiger partial charge is 0.484 e. The van der Waals surface area contributed by atoms with Crippen LogP contribution in [0.15, 0.2) is 54.6 Å². The van der Waals surface area contributed by atoms with Gasteiger partial charge in [-0.05, 0) is 43.7 Å². The van der Waals surface area contributed by atoms with Crippen LogP contribution in [-0.2, 0) is 14.3 Å². The van der Waals surface area contributed by atoms with Crippen LogP contribution < -0.4 is 10.1 Å². The smallest absolute Gasteiger partial charge is 0.308 e. The Bertz CT molecular complexity index is 716. The lowest BCUT2D eigenvalue weighted by Crippen LogP contribution is -2.34. The predicted octanol–water partition coefficient (Wildman–Crippen LogP) is 3.40. The second-order valence-electron chi connectivity index (χ2n) is 6.02. The summed E-state index contributed by atoms with van der Waals surface area (Å²) in [5.74, 6) is -0.777. The molecule has 0 bridgehead atoms. The number of rotatable bonds is 8. The van der Waals surface area contributed by atoms with Crippen molar-refractivity contribution in [3.05, 3.63) is 66.0 Å². The Hall–Kier alpha value is -2.89. The van der Waals surface area contributed by atoms with E-state index in [-0.39, 0.29) is 30.9 Å². The van der Waals surface area contributed by atoms with Gasteiger partial charge in [0.1, 0.15) is 11.6 Å². The lowest BCUT2D eigenvalue weighted by Gasteiger charge is -2.19. The van der Waals surface area contributed by atoms with Crippen molar-refractivity contribution < 1.29 is 23.5 Å². The fraction of sp³-hybridized carbons (Fsp3) is 0.300. The van der Waals surface area contributed by atoms with Gasteiger partial charge >= 0.3 is 5.97 Å². The molecule has 1 N–H and O–H groups in total. The van der Waals surface area contributed by atoms with Gasteiger partial charge in [0.15, 0.2) is 6.61 Å². The number of benzene rings is 2. The minimum Gasteiger partial charge on any atom is -0.484 e. The van der Waals surface area contributed by atoms with Crippen LogP contribution in [0.3, 0.4) is 0 Å². The van der Waals surface area contributed by atoms with Crippen molar-refractivity contribution in [2.45, 2.75) is 32.4 Å². The molecule has 0 aliphatic rings. The summed E-state index contributed by atoms with van der Waals surface area (Å²) in [7, 11) is 0. The highest BCUT2D eigenvalue weighted by atomic mass is 19.1. The number of ether oxygens (including phenoxy) is 2. The van der Waals surface area contributed by atoms with Gasteiger partial charge in [-0.1, -0.05) is 30.3 Å². The minimum atomic E-state index is -0.522. The average molecular weight is 359 g/mol. The normalized spacial score (nSPS) is 11.7. The molecule has 2 rings (SSSR count). The molecule has 5 nitrogen and oxygen atoms in total. The summed E-state index contributed by atoms with van der Waals surface area (Å²) in [6, 6.07) is 14.0. The standard InChI is InChI=1S/C20H22FNO4/c1-14(2)26-20(24)12-18(15-6-4-3-5-7-15)22-19(23)13-25-17-10-8-16(21)9-11-17/h3-11,14,18H,12-13H2,1-2H3,(H,22,23). The van der Waals surface area contributed by atoms with Crippen LogP contribution in [0.1, 0.15) is 31.9 Å². The number of amides is 1.